The molecule has 19 nitrogen and oxygen atoms in total. The number of hydrogen-bond donors (Lipinski definition) is 3. The van der Waals surface area contributed by atoms with E-state index in [0.717, 1.165) is 17.4 Å². The number of ether oxygens (including phenoxy) is 1. The molecule has 21 heteroatoms. The van der Waals surface area contributed by atoms with Crippen molar-refractivity contribution in [3.8, 4) is 17.0 Å². The number of sulfone groups is 1. The second kappa shape index (κ2) is 15.5. The molecule has 3 N–H and O–H groups in total. The molecule has 2 aliphatic heterocycles. The zero-order chi connectivity index (χ0) is 43.5. The van der Waals surface area contributed by atoms with E-state index in [4.69, 9.17) is 9.72 Å². The second-order valence-corrected chi connectivity index (χ2v) is 18.0. The SMILES string of the molecule is CC(C)Oc1c(-c2cn[nH]c2)ncn2nc(Nc3ccc(S(=O)(=O)c4cccc(CN5CCN(c6ccc7c(N8CCC(=O)NC8=O)nn(C)c7n6)CC5(C)C)c4)cc3F)nc12. The number of amides is 3. The van der Waals surface area contributed by atoms with Crippen molar-refractivity contribution in [1.82, 2.24) is 54.8 Å². The molecule has 2 fully saturated rings. The van der Waals surface area contributed by atoms with E-state index in [-0.39, 0.29) is 51.9 Å². The molecule has 0 saturated carbocycles. The molecule has 3 amide bonds. The first kappa shape index (κ1) is 40.4. The van der Waals surface area contributed by atoms with Gasteiger partial charge in [-0.3, -0.25) is 25.0 Å². The van der Waals surface area contributed by atoms with E-state index >= 15 is 4.39 Å². The maximum atomic E-state index is 15.7. The van der Waals surface area contributed by atoms with Gasteiger partial charge < -0.3 is 15.0 Å². The summed E-state index contributed by atoms with van der Waals surface area (Å²) in [7, 11) is -2.33. The standard InChI is InChI=1S/C41H43FN14O5S/c1-24(2)61-35-34(26-19-44-45-20-26)43-23-56-38(35)49-39(51-56)46-31-11-9-28(18-30(31)42)62(59,60)27-8-6-7-25(17-27)21-54-16-15-53(22-41(54,3)4)32-12-10-29-36(47-32)52(5)50-37(29)55-14-13-33(57)48-40(55)58/h6-12,17-20,23-24H,13-16,21-22H2,1-5H3,(H,44,45)(H,46,51)(H,48,57,58). The zero-order valence-electron chi connectivity index (χ0n) is 34.5. The Hall–Kier alpha value is -7.00. The number of pyridine rings is 1. The first-order valence-corrected chi connectivity index (χ1v) is 21.4. The summed E-state index contributed by atoms with van der Waals surface area (Å²) in [5.41, 5.74) is 2.58. The smallest absolute Gasteiger partial charge is 0.329 e. The number of anilines is 4. The van der Waals surface area contributed by atoms with Crippen molar-refractivity contribution in [2.24, 2.45) is 7.05 Å². The summed E-state index contributed by atoms with van der Waals surface area (Å²) in [4.78, 5) is 44.0. The molecule has 0 spiro atoms. The number of piperazine rings is 1. The third kappa shape index (κ3) is 7.53. The number of aromatic nitrogens is 9. The van der Waals surface area contributed by atoms with Gasteiger partial charge in [0.1, 0.15) is 23.7 Å². The predicted molar refractivity (Wildman–Crippen MR) is 226 cm³/mol. The van der Waals surface area contributed by atoms with Crippen LogP contribution in [0.1, 0.15) is 39.7 Å². The van der Waals surface area contributed by atoms with Crippen LogP contribution in [0.5, 0.6) is 5.75 Å². The average molecular weight is 863 g/mol. The molecule has 0 unspecified atom stereocenters. The topological polar surface area (TPSA) is 214 Å². The highest BCUT2D eigenvalue weighted by atomic mass is 32.2. The molecule has 7 aromatic rings. The van der Waals surface area contributed by atoms with E-state index in [1.807, 2.05) is 32.0 Å². The molecule has 7 heterocycles. The number of imide groups is 1. The van der Waals surface area contributed by atoms with Crippen LogP contribution in [0, 0.1) is 5.82 Å². The average Bonchev–Trinajstić information content (AvgIpc) is 3.99. The van der Waals surface area contributed by atoms with E-state index in [9.17, 15) is 18.0 Å². The maximum Gasteiger partial charge on any atom is 0.329 e. The fourth-order valence-electron chi connectivity index (χ4n) is 7.79. The normalized spacial score (nSPS) is 16.1. The minimum Gasteiger partial charge on any atom is -0.485 e. The van der Waals surface area contributed by atoms with Crippen LogP contribution in [-0.2, 0) is 28.2 Å². The van der Waals surface area contributed by atoms with E-state index in [1.165, 1.54) is 33.9 Å². The molecule has 2 aromatic carbocycles. The van der Waals surface area contributed by atoms with Crippen molar-refractivity contribution < 1.29 is 27.1 Å². The van der Waals surface area contributed by atoms with Crippen molar-refractivity contribution in [1.29, 1.82) is 0 Å². The van der Waals surface area contributed by atoms with Crippen LogP contribution in [0.3, 0.4) is 0 Å². The van der Waals surface area contributed by atoms with Gasteiger partial charge in [-0.25, -0.2) is 32.3 Å². The van der Waals surface area contributed by atoms with Crippen LogP contribution in [0.4, 0.5) is 32.5 Å². The molecule has 0 atom stereocenters. The molecular formula is C41H43FN14O5S. The number of urea groups is 1. The van der Waals surface area contributed by atoms with Gasteiger partial charge in [0.25, 0.3) is 0 Å². The summed E-state index contributed by atoms with van der Waals surface area (Å²) in [6.07, 6.45) is 4.74. The monoisotopic (exact) mass is 862 g/mol. The molecule has 320 valence electrons. The van der Waals surface area contributed by atoms with Crippen LogP contribution in [-0.4, -0.2) is 108 Å². The van der Waals surface area contributed by atoms with Crippen molar-refractivity contribution in [3.63, 3.8) is 0 Å². The number of H-pyrrole nitrogens is 1. The fourth-order valence-corrected chi connectivity index (χ4v) is 9.14. The first-order chi connectivity index (χ1) is 29.6. The number of carbonyl (C=O) groups is 2. The van der Waals surface area contributed by atoms with Crippen molar-refractivity contribution in [3.05, 3.63) is 84.7 Å². The molecular weight excluding hydrogens is 820 g/mol. The maximum absolute atomic E-state index is 15.7. The lowest BCUT2D eigenvalue weighted by molar-refractivity contribution is -0.120. The number of aromatic amines is 1. The Kier molecular flexibility index (Phi) is 10.1. The van der Waals surface area contributed by atoms with Gasteiger partial charge in [0.15, 0.2) is 17.2 Å². The number of hydrogen-bond acceptors (Lipinski definition) is 14. The molecule has 0 bridgehead atoms. The van der Waals surface area contributed by atoms with Gasteiger partial charge >= 0.3 is 6.03 Å². The molecule has 2 saturated heterocycles. The molecule has 5 aromatic heterocycles. The van der Waals surface area contributed by atoms with Crippen LogP contribution in [0.25, 0.3) is 27.9 Å². The summed E-state index contributed by atoms with van der Waals surface area (Å²) >= 11 is 0. The Morgan fingerprint density at radius 2 is 1.81 bits per heavy atom. The third-order valence-corrected chi connectivity index (χ3v) is 12.7. The molecule has 0 aliphatic carbocycles. The number of aryl methyl sites for hydroxylation is 1. The van der Waals surface area contributed by atoms with E-state index < -0.39 is 21.7 Å². The van der Waals surface area contributed by atoms with Gasteiger partial charge in [-0.1, -0.05) is 12.1 Å². The van der Waals surface area contributed by atoms with Crippen LogP contribution in [0.2, 0.25) is 0 Å². The Labute approximate surface area is 354 Å². The molecule has 0 radical (unpaired) electrons. The third-order valence-electron chi connectivity index (χ3n) is 10.9. The summed E-state index contributed by atoms with van der Waals surface area (Å²) < 4.78 is 52.6. The lowest BCUT2D eigenvalue weighted by Crippen LogP contribution is -2.59. The van der Waals surface area contributed by atoms with Gasteiger partial charge in [0, 0.05) is 63.5 Å². The Bertz CT molecular complexity index is 2990. The van der Waals surface area contributed by atoms with Crippen LogP contribution in [0.15, 0.2) is 83.1 Å². The summed E-state index contributed by atoms with van der Waals surface area (Å²) in [6.45, 7) is 10.7. The lowest BCUT2D eigenvalue weighted by atomic mass is 9.97. The van der Waals surface area contributed by atoms with E-state index in [0.29, 0.717) is 65.7 Å². The van der Waals surface area contributed by atoms with Crippen molar-refractivity contribution >= 4 is 61.7 Å². The van der Waals surface area contributed by atoms with Gasteiger partial charge in [0.05, 0.1) is 33.2 Å². The van der Waals surface area contributed by atoms with Gasteiger partial charge in [-0.15, -0.1) is 5.10 Å². The number of benzene rings is 2. The number of halogens is 1. The summed E-state index contributed by atoms with van der Waals surface area (Å²) in [5.74, 6) is 0.520. The second-order valence-electron chi connectivity index (χ2n) is 16.1. The largest absolute Gasteiger partial charge is 0.485 e. The highest BCUT2D eigenvalue weighted by molar-refractivity contribution is 7.91. The van der Waals surface area contributed by atoms with E-state index in [2.05, 4.69) is 64.6 Å². The fraction of sp³-hybridized carbons (Fsp3) is 0.317. The minimum absolute atomic E-state index is 0.0188. The Morgan fingerprint density at radius 1 is 0.984 bits per heavy atom. The van der Waals surface area contributed by atoms with Gasteiger partial charge in [-0.05, 0) is 75.7 Å². The van der Waals surface area contributed by atoms with Gasteiger partial charge in [0.2, 0.25) is 27.3 Å². The molecule has 62 heavy (non-hydrogen) atoms. The van der Waals surface area contributed by atoms with Crippen LogP contribution >= 0.6 is 0 Å². The zero-order valence-corrected chi connectivity index (χ0v) is 35.3. The summed E-state index contributed by atoms with van der Waals surface area (Å²) in [6, 6.07) is 13.7. The van der Waals surface area contributed by atoms with Gasteiger partial charge in [-0.2, -0.15) is 19.7 Å². The predicted octanol–water partition coefficient (Wildman–Crippen LogP) is 4.85. The molecule has 2 aliphatic rings. The highest BCUT2D eigenvalue weighted by Gasteiger charge is 2.35. The quantitative estimate of drug-likeness (QED) is 0.159. The van der Waals surface area contributed by atoms with Crippen molar-refractivity contribution in [2.75, 3.05) is 41.3 Å². The highest BCUT2D eigenvalue weighted by Crippen LogP contribution is 2.34. The summed E-state index contributed by atoms with van der Waals surface area (Å²) in [5, 5.41) is 21.6. The lowest BCUT2D eigenvalue weighted by Gasteiger charge is -2.47. The molecule has 9 rings (SSSR count). The van der Waals surface area contributed by atoms with Crippen molar-refractivity contribution in [2.45, 2.75) is 62.1 Å². The Balaban J connectivity index is 0.885. The van der Waals surface area contributed by atoms with E-state index in [1.54, 1.807) is 36.3 Å². The first-order valence-electron chi connectivity index (χ1n) is 19.9. The van der Waals surface area contributed by atoms with Crippen LogP contribution < -0.4 is 25.2 Å². The Morgan fingerprint density at radius 3 is 2.55 bits per heavy atom. The number of nitrogens with one attached hydrogen (secondary N) is 3. The number of rotatable bonds is 11. The number of fused-ring (bicyclic) bond motifs is 2. The number of nitrogens with zero attached hydrogens (tertiary/aromatic N) is 11. The minimum atomic E-state index is -4.10. The number of carbonyl (C=O) groups excluding carboxylic acids is 2.